The second-order valence-corrected chi connectivity index (χ2v) is 5.64. The zero-order valence-electron chi connectivity index (χ0n) is 13.7. The zero-order chi connectivity index (χ0) is 15.5. The summed E-state index contributed by atoms with van der Waals surface area (Å²) in [5, 5.41) is 0. The Morgan fingerprint density at radius 3 is 2.62 bits per heavy atom. The van der Waals surface area contributed by atoms with Gasteiger partial charge in [-0.05, 0) is 36.5 Å². The summed E-state index contributed by atoms with van der Waals surface area (Å²) in [6.07, 6.45) is 10.00. The molecule has 0 heterocycles. The summed E-state index contributed by atoms with van der Waals surface area (Å²) in [6, 6.07) is 6.43. The molecule has 0 radical (unpaired) electrons. The summed E-state index contributed by atoms with van der Waals surface area (Å²) < 4.78 is 5.95. The molecule has 1 atom stereocenters. The van der Waals surface area contributed by atoms with E-state index in [1.165, 1.54) is 36.8 Å². The fourth-order valence-electron chi connectivity index (χ4n) is 2.41. The summed E-state index contributed by atoms with van der Waals surface area (Å²) in [4.78, 5) is 0. The minimum absolute atomic E-state index is 0.108. The Bertz CT molecular complexity index is 414. The summed E-state index contributed by atoms with van der Waals surface area (Å²) >= 11 is 0. The van der Waals surface area contributed by atoms with Crippen molar-refractivity contribution in [2.24, 2.45) is 5.73 Å². The highest BCUT2D eigenvalue weighted by Crippen LogP contribution is 2.25. The zero-order valence-corrected chi connectivity index (χ0v) is 13.7. The molecule has 0 saturated heterocycles. The quantitative estimate of drug-likeness (QED) is 0.450. The van der Waals surface area contributed by atoms with Crippen LogP contribution in [0.1, 0.15) is 69.5 Å². The highest BCUT2D eigenvalue weighted by atomic mass is 16.5. The van der Waals surface area contributed by atoms with E-state index in [0.29, 0.717) is 0 Å². The normalized spacial score (nSPS) is 12.1. The van der Waals surface area contributed by atoms with Crippen LogP contribution in [0.3, 0.4) is 0 Å². The van der Waals surface area contributed by atoms with Gasteiger partial charge in [-0.2, -0.15) is 0 Å². The molecule has 1 aromatic carbocycles. The maximum atomic E-state index is 6.11. The maximum Gasteiger partial charge on any atom is 0.122 e. The van der Waals surface area contributed by atoms with Crippen LogP contribution in [0, 0.1) is 0 Å². The molecule has 0 aromatic heterocycles. The average molecular weight is 289 g/mol. The first kappa shape index (κ1) is 17.8. The minimum atomic E-state index is 0.108. The van der Waals surface area contributed by atoms with E-state index in [9.17, 15) is 0 Å². The molecule has 118 valence electrons. The number of unbranched alkanes of at least 4 members (excludes halogenated alkanes) is 4. The predicted octanol–water partition coefficient (Wildman–Crippen LogP) is 5.17. The van der Waals surface area contributed by atoms with Crippen LogP contribution in [0.15, 0.2) is 30.9 Å². The molecule has 0 bridgehead atoms. The minimum Gasteiger partial charge on any atom is -0.493 e. The second-order valence-electron chi connectivity index (χ2n) is 5.64. The van der Waals surface area contributed by atoms with Crippen molar-refractivity contribution in [2.75, 3.05) is 6.61 Å². The first-order chi connectivity index (χ1) is 10.2. The molecule has 2 N–H and O–H groups in total. The SMILES string of the molecule is C=CCc1cc(C(N)CC)ccc1OCCCCCCC. The van der Waals surface area contributed by atoms with Crippen LogP contribution in [-0.4, -0.2) is 6.61 Å². The standard InChI is InChI=1S/C19H31NO/c1-4-7-8-9-10-14-21-19-13-12-16(18(20)6-3)15-17(19)11-5-2/h5,12-13,15,18H,2,4,6-11,14,20H2,1,3H3. The monoisotopic (exact) mass is 289 g/mol. The van der Waals surface area contributed by atoms with Gasteiger partial charge in [-0.3, -0.25) is 0 Å². The molecule has 0 spiro atoms. The number of rotatable bonds is 11. The summed E-state index contributed by atoms with van der Waals surface area (Å²) in [7, 11) is 0. The number of hydrogen-bond acceptors (Lipinski definition) is 2. The highest BCUT2D eigenvalue weighted by molar-refractivity contribution is 5.39. The molecule has 21 heavy (non-hydrogen) atoms. The van der Waals surface area contributed by atoms with Crippen LogP contribution < -0.4 is 10.5 Å². The Morgan fingerprint density at radius 1 is 1.19 bits per heavy atom. The van der Waals surface area contributed by atoms with Crippen LogP contribution in [0.2, 0.25) is 0 Å². The van der Waals surface area contributed by atoms with Crippen LogP contribution in [-0.2, 0) is 6.42 Å². The number of ether oxygens (including phenoxy) is 1. The van der Waals surface area contributed by atoms with Gasteiger partial charge in [-0.1, -0.05) is 57.7 Å². The Hall–Kier alpha value is -1.28. The van der Waals surface area contributed by atoms with E-state index in [4.69, 9.17) is 10.5 Å². The second kappa shape index (κ2) is 10.4. The third kappa shape index (κ3) is 6.34. The van der Waals surface area contributed by atoms with Crippen LogP contribution in [0.25, 0.3) is 0 Å². The van der Waals surface area contributed by atoms with Gasteiger partial charge in [0.1, 0.15) is 5.75 Å². The lowest BCUT2D eigenvalue weighted by atomic mass is 10.0. The van der Waals surface area contributed by atoms with Crippen LogP contribution in [0.5, 0.6) is 5.75 Å². The van der Waals surface area contributed by atoms with E-state index in [-0.39, 0.29) is 6.04 Å². The molecule has 0 aliphatic rings. The average Bonchev–Trinajstić information content (AvgIpc) is 2.51. The molecule has 0 aliphatic heterocycles. The van der Waals surface area contributed by atoms with E-state index in [1.54, 1.807) is 0 Å². The van der Waals surface area contributed by atoms with Crippen LogP contribution in [0.4, 0.5) is 0 Å². The molecule has 1 rings (SSSR count). The first-order valence-corrected chi connectivity index (χ1v) is 8.35. The van der Waals surface area contributed by atoms with Gasteiger partial charge in [0.15, 0.2) is 0 Å². The molecule has 0 fully saturated rings. The van der Waals surface area contributed by atoms with E-state index in [1.807, 2.05) is 6.08 Å². The smallest absolute Gasteiger partial charge is 0.122 e. The van der Waals surface area contributed by atoms with Gasteiger partial charge in [-0.15, -0.1) is 6.58 Å². The molecule has 0 saturated carbocycles. The Morgan fingerprint density at radius 2 is 1.95 bits per heavy atom. The Balaban J connectivity index is 2.57. The fourth-order valence-corrected chi connectivity index (χ4v) is 2.41. The van der Waals surface area contributed by atoms with Crippen molar-refractivity contribution in [1.29, 1.82) is 0 Å². The Labute approximate surface area is 130 Å². The molecule has 0 amide bonds. The van der Waals surface area contributed by atoms with Crippen molar-refractivity contribution in [2.45, 2.75) is 64.8 Å². The number of nitrogens with two attached hydrogens (primary N) is 1. The van der Waals surface area contributed by atoms with Gasteiger partial charge in [-0.25, -0.2) is 0 Å². The lowest BCUT2D eigenvalue weighted by molar-refractivity contribution is 0.302. The fraction of sp³-hybridized carbons (Fsp3) is 0.579. The van der Waals surface area contributed by atoms with Crippen molar-refractivity contribution in [3.8, 4) is 5.75 Å². The van der Waals surface area contributed by atoms with Gasteiger partial charge >= 0.3 is 0 Å². The number of benzene rings is 1. The molecule has 0 aliphatic carbocycles. The first-order valence-electron chi connectivity index (χ1n) is 8.35. The van der Waals surface area contributed by atoms with Crippen molar-refractivity contribution < 1.29 is 4.74 Å². The molecule has 2 nitrogen and oxygen atoms in total. The number of allylic oxidation sites excluding steroid dienone is 1. The molecule has 1 aromatic rings. The van der Waals surface area contributed by atoms with Crippen molar-refractivity contribution in [3.05, 3.63) is 42.0 Å². The largest absolute Gasteiger partial charge is 0.493 e. The predicted molar refractivity (Wildman–Crippen MR) is 91.8 cm³/mol. The summed E-state index contributed by atoms with van der Waals surface area (Å²) in [6.45, 7) is 8.98. The van der Waals surface area contributed by atoms with Crippen molar-refractivity contribution in [1.82, 2.24) is 0 Å². The van der Waals surface area contributed by atoms with Gasteiger partial charge < -0.3 is 10.5 Å². The van der Waals surface area contributed by atoms with Crippen LogP contribution >= 0.6 is 0 Å². The highest BCUT2D eigenvalue weighted by Gasteiger charge is 2.08. The Kier molecular flexibility index (Phi) is 8.84. The van der Waals surface area contributed by atoms with Crippen molar-refractivity contribution in [3.63, 3.8) is 0 Å². The molecule has 2 heteroatoms. The maximum absolute atomic E-state index is 6.11. The van der Waals surface area contributed by atoms with E-state index in [0.717, 1.165) is 31.6 Å². The van der Waals surface area contributed by atoms with Crippen molar-refractivity contribution >= 4 is 0 Å². The molecular weight excluding hydrogens is 258 g/mol. The number of hydrogen-bond donors (Lipinski definition) is 1. The summed E-state index contributed by atoms with van der Waals surface area (Å²) in [5.74, 6) is 0.984. The van der Waals surface area contributed by atoms with E-state index < -0.39 is 0 Å². The third-order valence-corrected chi connectivity index (χ3v) is 3.82. The lowest BCUT2D eigenvalue weighted by Crippen LogP contribution is -2.09. The topological polar surface area (TPSA) is 35.2 Å². The van der Waals surface area contributed by atoms with Gasteiger partial charge in [0.05, 0.1) is 6.61 Å². The molecular formula is C19H31NO. The lowest BCUT2D eigenvalue weighted by Gasteiger charge is -2.15. The van der Waals surface area contributed by atoms with Gasteiger partial charge in [0.2, 0.25) is 0 Å². The van der Waals surface area contributed by atoms with E-state index in [2.05, 4.69) is 38.6 Å². The third-order valence-electron chi connectivity index (χ3n) is 3.82. The van der Waals surface area contributed by atoms with E-state index >= 15 is 0 Å². The van der Waals surface area contributed by atoms with Gasteiger partial charge in [0, 0.05) is 6.04 Å². The van der Waals surface area contributed by atoms with Gasteiger partial charge in [0.25, 0.3) is 0 Å². The summed E-state index contributed by atoms with van der Waals surface area (Å²) in [5.41, 5.74) is 8.49. The molecule has 1 unspecified atom stereocenters.